The molecular formula is C29H43N3O4. The van der Waals surface area contributed by atoms with Crippen LogP contribution in [0.3, 0.4) is 0 Å². The molecule has 0 aromatic heterocycles. The van der Waals surface area contributed by atoms with E-state index in [0.29, 0.717) is 12.5 Å². The summed E-state index contributed by atoms with van der Waals surface area (Å²) < 4.78 is 10.4. The van der Waals surface area contributed by atoms with E-state index in [2.05, 4.69) is 11.9 Å². The quantitative estimate of drug-likeness (QED) is 0.226. The van der Waals surface area contributed by atoms with Gasteiger partial charge in [-0.25, -0.2) is 4.79 Å². The summed E-state index contributed by atoms with van der Waals surface area (Å²) in [6, 6.07) is -0.451. The van der Waals surface area contributed by atoms with E-state index in [4.69, 9.17) is 14.5 Å². The summed E-state index contributed by atoms with van der Waals surface area (Å²) in [5.41, 5.74) is 5.67. The number of carbonyl (C=O) groups excluding carboxylic acids is 2. The summed E-state index contributed by atoms with van der Waals surface area (Å²) in [5.74, 6) is 1.19. The summed E-state index contributed by atoms with van der Waals surface area (Å²) in [7, 11) is 1.30. The van der Waals surface area contributed by atoms with E-state index in [0.717, 1.165) is 52.4 Å². The third kappa shape index (κ3) is 7.45. The molecule has 1 N–H and O–H groups in total. The Morgan fingerprint density at radius 1 is 1.17 bits per heavy atom. The van der Waals surface area contributed by atoms with E-state index in [1.165, 1.54) is 7.11 Å². The van der Waals surface area contributed by atoms with E-state index in [9.17, 15) is 9.59 Å². The normalized spacial score (nSPS) is 22.8. The number of hydrogen-bond acceptors (Lipinski definition) is 5. The van der Waals surface area contributed by atoms with Crippen LogP contribution in [0.1, 0.15) is 68.2 Å². The fourth-order valence-electron chi connectivity index (χ4n) is 4.07. The van der Waals surface area contributed by atoms with Crippen molar-refractivity contribution in [1.29, 1.82) is 0 Å². The Hall–Kier alpha value is -3.09. The molecule has 2 fully saturated rings. The average molecular weight is 498 g/mol. The molecule has 0 spiro atoms. The van der Waals surface area contributed by atoms with Gasteiger partial charge in [0.2, 0.25) is 5.91 Å². The minimum Gasteiger partial charge on any atom is -0.494 e. The Balaban J connectivity index is 2.21. The summed E-state index contributed by atoms with van der Waals surface area (Å²) in [5, 5.41) is 2.71. The van der Waals surface area contributed by atoms with Crippen LogP contribution < -0.4 is 5.32 Å². The van der Waals surface area contributed by atoms with Gasteiger partial charge in [0, 0.05) is 17.5 Å². The van der Waals surface area contributed by atoms with Crippen molar-refractivity contribution >= 4 is 17.7 Å². The van der Waals surface area contributed by atoms with Crippen molar-refractivity contribution in [2.45, 2.75) is 80.3 Å². The molecule has 7 heteroatoms. The molecule has 1 saturated heterocycles. The van der Waals surface area contributed by atoms with E-state index in [-0.39, 0.29) is 17.9 Å². The number of nitrogens with one attached hydrogen (secondary N) is 1. The summed E-state index contributed by atoms with van der Waals surface area (Å²) in [6.45, 7) is 20.2. The zero-order valence-electron chi connectivity index (χ0n) is 23.4. The molecule has 0 aromatic carbocycles. The fraction of sp³-hybridized carbons (Fsp3) is 0.552. The molecule has 0 bridgehead atoms. The molecule has 36 heavy (non-hydrogen) atoms. The lowest BCUT2D eigenvalue weighted by atomic mass is 10.0. The highest BCUT2D eigenvalue weighted by Gasteiger charge is 2.53. The molecule has 1 heterocycles. The lowest BCUT2D eigenvalue weighted by Crippen LogP contribution is -2.51. The van der Waals surface area contributed by atoms with Gasteiger partial charge in [-0.1, -0.05) is 32.6 Å². The number of rotatable bonds is 10. The first-order valence-electron chi connectivity index (χ1n) is 12.6. The maximum absolute atomic E-state index is 13.5. The molecule has 1 aliphatic carbocycles. The molecule has 2 aliphatic rings. The number of ether oxygens (including phenoxy) is 2. The van der Waals surface area contributed by atoms with Crippen molar-refractivity contribution in [2.24, 2.45) is 16.8 Å². The van der Waals surface area contributed by atoms with Crippen LogP contribution in [0.15, 0.2) is 63.7 Å². The van der Waals surface area contributed by atoms with Crippen LogP contribution in [0.2, 0.25) is 0 Å². The molecule has 0 aromatic rings. The SMILES string of the molecule is C=C(COC(C)=CC)/C(C)=C/C=C(C)C(C)=N/C(C)=C1/CC2CC2N1C(=O)C(NC(=O)OC)C(C)C. The largest absolute Gasteiger partial charge is 0.494 e. The summed E-state index contributed by atoms with van der Waals surface area (Å²) >= 11 is 0. The number of piperidine rings is 1. The minimum absolute atomic E-state index is 0.0662. The van der Waals surface area contributed by atoms with Crippen LogP contribution in [0, 0.1) is 11.8 Å². The Morgan fingerprint density at radius 3 is 2.39 bits per heavy atom. The number of amides is 2. The maximum atomic E-state index is 13.5. The third-order valence-electron chi connectivity index (χ3n) is 6.94. The maximum Gasteiger partial charge on any atom is 0.407 e. The molecule has 1 saturated carbocycles. The van der Waals surface area contributed by atoms with Crippen LogP contribution in [-0.2, 0) is 14.3 Å². The first-order chi connectivity index (χ1) is 16.9. The van der Waals surface area contributed by atoms with Crippen molar-refractivity contribution in [3.8, 4) is 0 Å². The molecule has 2 rings (SSSR count). The van der Waals surface area contributed by atoms with Crippen LogP contribution in [0.5, 0.6) is 0 Å². The number of carbonyl (C=O) groups is 2. The highest BCUT2D eigenvalue weighted by Crippen LogP contribution is 2.51. The van der Waals surface area contributed by atoms with Gasteiger partial charge in [-0.3, -0.25) is 9.79 Å². The van der Waals surface area contributed by atoms with E-state index >= 15 is 0 Å². The van der Waals surface area contributed by atoms with Crippen LogP contribution in [0.25, 0.3) is 0 Å². The predicted octanol–water partition coefficient (Wildman–Crippen LogP) is 6.07. The topological polar surface area (TPSA) is 80.2 Å². The van der Waals surface area contributed by atoms with Gasteiger partial charge in [0.05, 0.1) is 18.6 Å². The number of likely N-dealkylation sites (tertiary alicyclic amines) is 1. The molecule has 1 aliphatic heterocycles. The van der Waals surface area contributed by atoms with E-state index in [1.807, 2.05) is 78.5 Å². The van der Waals surface area contributed by atoms with Crippen molar-refractivity contribution in [1.82, 2.24) is 10.2 Å². The number of alkyl carbamates (subject to hydrolysis) is 1. The van der Waals surface area contributed by atoms with E-state index in [1.54, 1.807) is 0 Å². The van der Waals surface area contributed by atoms with Gasteiger partial charge < -0.3 is 19.7 Å². The second kappa shape index (κ2) is 12.7. The van der Waals surface area contributed by atoms with Crippen molar-refractivity contribution in [3.05, 3.63) is 58.7 Å². The van der Waals surface area contributed by atoms with Crippen LogP contribution in [0.4, 0.5) is 4.79 Å². The molecule has 7 nitrogen and oxygen atoms in total. The second-order valence-electron chi connectivity index (χ2n) is 10.1. The van der Waals surface area contributed by atoms with Crippen molar-refractivity contribution in [3.63, 3.8) is 0 Å². The van der Waals surface area contributed by atoms with Gasteiger partial charge in [0.25, 0.3) is 0 Å². The number of hydrogen-bond donors (Lipinski definition) is 1. The zero-order chi connectivity index (χ0) is 27.2. The van der Waals surface area contributed by atoms with Gasteiger partial charge in [0.1, 0.15) is 12.6 Å². The lowest BCUT2D eigenvalue weighted by Gasteiger charge is -2.29. The van der Waals surface area contributed by atoms with Crippen LogP contribution in [-0.4, -0.2) is 48.4 Å². The summed E-state index contributed by atoms with van der Waals surface area (Å²) in [6.07, 6.45) is 7.21. The van der Waals surface area contributed by atoms with E-state index < -0.39 is 12.1 Å². The smallest absolute Gasteiger partial charge is 0.407 e. The zero-order valence-corrected chi connectivity index (χ0v) is 23.4. The Kier molecular flexibility index (Phi) is 10.3. The number of allylic oxidation sites excluding steroid dienone is 7. The standard InChI is InChI=1S/C29H43N3O4/c1-11-21(7)36-16-20(6)18(4)12-13-19(5)22(8)30-23(9)25-14-24-15-26(24)32(25)28(33)27(17(2)3)31-29(34)35-10/h11-13,17,24,26-27H,6,14-16H2,1-5,7-10H3,(H,31,34)/b18-12+,19-13?,21-11?,25-23-,30-22?. The monoisotopic (exact) mass is 497 g/mol. The second-order valence-corrected chi connectivity index (χ2v) is 10.1. The molecule has 0 radical (unpaired) electrons. The van der Waals surface area contributed by atoms with Gasteiger partial charge in [-0.15, -0.1) is 0 Å². The highest BCUT2D eigenvalue weighted by atomic mass is 16.5. The van der Waals surface area contributed by atoms with Crippen molar-refractivity contribution in [2.75, 3.05) is 13.7 Å². The molecule has 3 unspecified atom stereocenters. The summed E-state index contributed by atoms with van der Waals surface area (Å²) in [4.78, 5) is 32.1. The van der Waals surface area contributed by atoms with Gasteiger partial charge in [-0.05, 0) is 89.0 Å². The third-order valence-corrected chi connectivity index (χ3v) is 6.94. The lowest BCUT2D eigenvalue weighted by molar-refractivity contribution is -0.132. The number of fused-ring (bicyclic) bond motifs is 1. The molecular weight excluding hydrogens is 454 g/mol. The molecule has 198 valence electrons. The number of nitrogens with zero attached hydrogens (tertiary/aromatic N) is 2. The van der Waals surface area contributed by atoms with Crippen molar-refractivity contribution < 1.29 is 19.1 Å². The Labute approximate surface area is 216 Å². The van der Waals surface area contributed by atoms with Gasteiger partial charge in [-0.2, -0.15) is 0 Å². The fourth-order valence-corrected chi connectivity index (χ4v) is 4.07. The van der Waals surface area contributed by atoms with Gasteiger partial charge >= 0.3 is 6.09 Å². The minimum atomic E-state index is -0.645. The molecule has 2 amide bonds. The average Bonchev–Trinajstić information content (AvgIpc) is 3.51. The Bertz CT molecular complexity index is 1030. The first kappa shape index (κ1) is 29.1. The Morgan fingerprint density at radius 2 is 1.81 bits per heavy atom. The molecule has 3 atom stereocenters. The number of aliphatic imine (C=N–C) groups is 1. The highest BCUT2D eigenvalue weighted by molar-refractivity contribution is 5.98. The predicted molar refractivity (Wildman–Crippen MR) is 145 cm³/mol. The first-order valence-corrected chi connectivity index (χ1v) is 12.6. The van der Waals surface area contributed by atoms with Gasteiger partial charge in [0.15, 0.2) is 0 Å². The number of methoxy groups -OCH3 is 1. The van der Waals surface area contributed by atoms with Crippen LogP contribution >= 0.6 is 0 Å².